The first-order chi connectivity index (χ1) is 19.3. The Labute approximate surface area is 240 Å². The number of nitrogens with zero attached hydrogens (tertiary/aromatic N) is 6. The van der Waals surface area contributed by atoms with E-state index in [0.717, 1.165) is 11.1 Å². The molecule has 0 saturated heterocycles. The molecule has 1 N–H and O–H groups in total. The fraction of sp³-hybridized carbons (Fsp3) is 0.207. The van der Waals surface area contributed by atoms with Crippen LogP contribution in [0.3, 0.4) is 0 Å². The van der Waals surface area contributed by atoms with Gasteiger partial charge in [-0.15, -0.1) is 5.10 Å². The van der Waals surface area contributed by atoms with Gasteiger partial charge in [0.2, 0.25) is 0 Å². The molecular weight excluding hydrogens is 551 g/mol. The first-order valence-electron chi connectivity index (χ1n) is 12.6. The quantitative estimate of drug-likeness (QED) is 0.291. The van der Waals surface area contributed by atoms with E-state index in [1.54, 1.807) is 59.0 Å². The van der Waals surface area contributed by atoms with Crippen LogP contribution >= 0.6 is 23.2 Å². The van der Waals surface area contributed by atoms with Crippen LogP contribution in [-0.2, 0) is 22.2 Å². The van der Waals surface area contributed by atoms with E-state index in [-0.39, 0.29) is 6.61 Å². The summed E-state index contributed by atoms with van der Waals surface area (Å²) in [7, 11) is 1.82. The maximum absolute atomic E-state index is 13.5. The molecule has 3 aromatic carbocycles. The number of hydrogen-bond acceptors (Lipinski definition) is 7. The number of aliphatic hydroxyl groups is 1. The average molecular weight is 575 g/mol. The van der Waals surface area contributed by atoms with Crippen molar-refractivity contribution in [1.82, 2.24) is 29.8 Å². The van der Waals surface area contributed by atoms with E-state index in [1.807, 2.05) is 43.4 Å². The van der Waals surface area contributed by atoms with Gasteiger partial charge in [-0.1, -0.05) is 53.5 Å². The Hall–Kier alpha value is -4.05. The molecule has 1 aliphatic heterocycles. The molecule has 0 bridgehead atoms. The van der Waals surface area contributed by atoms with Crippen molar-refractivity contribution in [3.05, 3.63) is 123 Å². The van der Waals surface area contributed by atoms with Crippen molar-refractivity contribution in [2.24, 2.45) is 7.05 Å². The van der Waals surface area contributed by atoms with Crippen molar-refractivity contribution in [3.8, 4) is 5.69 Å². The Balaban J connectivity index is 1.63. The van der Waals surface area contributed by atoms with E-state index in [9.17, 15) is 9.90 Å². The van der Waals surface area contributed by atoms with Gasteiger partial charge in [0.05, 0.1) is 30.5 Å². The predicted octanol–water partition coefficient (Wildman–Crippen LogP) is 4.78. The molecule has 0 amide bonds. The molecule has 3 atom stereocenters. The molecule has 0 radical (unpaired) electrons. The molecule has 1 aliphatic rings. The van der Waals surface area contributed by atoms with E-state index >= 15 is 0 Å². The normalized spacial score (nSPS) is 17.5. The van der Waals surface area contributed by atoms with Crippen molar-refractivity contribution in [2.45, 2.75) is 24.4 Å². The summed E-state index contributed by atoms with van der Waals surface area (Å²) < 4.78 is 8.82. The Kier molecular flexibility index (Phi) is 6.66. The molecule has 0 spiro atoms. The molecule has 202 valence electrons. The highest BCUT2D eigenvalue weighted by Crippen LogP contribution is 2.47. The molecule has 3 unspecified atom stereocenters. The number of aromatic nitrogens is 6. The zero-order chi connectivity index (χ0) is 28.0. The van der Waals surface area contributed by atoms with Gasteiger partial charge in [0, 0.05) is 23.0 Å². The van der Waals surface area contributed by atoms with E-state index < -0.39 is 23.4 Å². The Morgan fingerprint density at radius 1 is 1.05 bits per heavy atom. The molecule has 5 aromatic rings. The maximum atomic E-state index is 13.5. The number of aryl methyl sites for hydroxylation is 1. The average Bonchev–Trinajstić information content (AvgIpc) is 3.61. The van der Waals surface area contributed by atoms with Crippen molar-refractivity contribution >= 4 is 29.2 Å². The second-order valence-electron chi connectivity index (χ2n) is 9.59. The maximum Gasteiger partial charge on any atom is 0.317 e. The summed E-state index contributed by atoms with van der Waals surface area (Å²) >= 11 is 12.6. The van der Waals surface area contributed by atoms with E-state index in [1.165, 1.54) is 0 Å². The molecule has 0 fully saturated rings. The Morgan fingerprint density at radius 2 is 1.82 bits per heavy atom. The summed E-state index contributed by atoms with van der Waals surface area (Å²) in [5, 5.41) is 25.9. The molecule has 0 saturated carbocycles. The minimum Gasteiger partial charge on any atom is -0.465 e. The van der Waals surface area contributed by atoms with Gasteiger partial charge < -0.3 is 14.4 Å². The lowest BCUT2D eigenvalue weighted by Crippen LogP contribution is -2.34. The summed E-state index contributed by atoms with van der Waals surface area (Å²) in [6.45, 7) is 1.95. The summed E-state index contributed by atoms with van der Waals surface area (Å²) in [5.74, 6) is -1.49. The summed E-state index contributed by atoms with van der Waals surface area (Å²) in [4.78, 5) is 17.7. The number of carbonyl (C=O) groups excluding carboxylic acids is 1. The predicted molar refractivity (Wildman–Crippen MR) is 149 cm³/mol. The number of tetrazole rings is 1. The fourth-order valence-corrected chi connectivity index (χ4v) is 5.84. The van der Waals surface area contributed by atoms with Gasteiger partial charge in [-0.3, -0.25) is 4.79 Å². The number of ether oxygens (including phenoxy) is 1. The second-order valence-corrected chi connectivity index (χ2v) is 10.5. The highest BCUT2D eigenvalue weighted by atomic mass is 35.5. The number of benzene rings is 3. The first kappa shape index (κ1) is 26.2. The number of halogens is 2. The standard InChI is InChI=1S/C29H24Cl2N6O3/c1-3-40-28(38)26-25(17-5-4-6-21(31)13-17)22-14-19(9-12-23(22)37-27(26)33-34-35-37)29(39,24-15-32-16-36(24)2)18-7-10-20(30)11-8-18/h4-16,25-26,39H,3H2,1-2H3. The molecular formula is C29H24Cl2N6O3. The number of carbonyl (C=O) groups is 1. The molecule has 2 aromatic heterocycles. The smallest absolute Gasteiger partial charge is 0.317 e. The van der Waals surface area contributed by atoms with Crippen molar-refractivity contribution in [1.29, 1.82) is 0 Å². The topological polar surface area (TPSA) is 108 Å². The van der Waals surface area contributed by atoms with Crippen LogP contribution < -0.4 is 0 Å². The number of imidazole rings is 1. The lowest BCUT2D eigenvalue weighted by molar-refractivity contribution is -0.145. The SMILES string of the molecule is CCOC(=O)C1c2nnnn2-c2ccc(C(O)(c3ccc(Cl)cc3)c3cncn3C)cc2C1c1cccc(Cl)c1. The minimum atomic E-state index is -1.61. The number of hydrogen-bond donors (Lipinski definition) is 1. The fourth-order valence-electron chi connectivity index (χ4n) is 5.51. The summed E-state index contributed by atoms with van der Waals surface area (Å²) in [6, 6.07) is 19.9. The van der Waals surface area contributed by atoms with Crippen LogP contribution in [0.2, 0.25) is 10.0 Å². The van der Waals surface area contributed by atoms with E-state index in [0.29, 0.717) is 38.4 Å². The van der Waals surface area contributed by atoms with Gasteiger partial charge in [0.15, 0.2) is 11.4 Å². The van der Waals surface area contributed by atoms with E-state index in [4.69, 9.17) is 27.9 Å². The third-order valence-electron chi connectivity index (χ3n) is 7.31. The van der Waals surface area contributed by atoms with Gasteiger partial charge >= 0.3 is 5.97 Å². The zero-order valence-corrected chi connectivity index (χ0v) is 23.1. The highest BCUT2D eigenvalue weighted by Gasteiger charge is 2.45. The molecule has 11 heteroatoms. The molecule has 6 rings (SSSR count). The van der Waals surface area contributed by atoms with Crippen LogP contribution in [0.25, 0.3) is 5.69 Å². The minimum absolute atomic E-state index is 0.197. The monoisotopic (exact) mass is 574 g/mol. The van der Waals surface area contributed by atoms with Crippen molar-refractivity contribution < 1.29 is 14.6 Å². The number of esters is 1. The van der Waals surface area contributed by atoms with Crippen molar-refractivity contribution in [3.63, 3.8) is 0 Å². The molecule has 0 aliphatic carbocycles. The highest BCUT2D eigenvalue weighted by molar-refractivity contribution is 6.30. The van der Waals surface area contributed by atoms with Crippen LogP contribution in [0.5, 0.6) is 0 Å². The zero-order valence-electron chi connectivity index (χ0n) is 21.6. The third-order valence-corrected chi connectivity index (χ3v) is 7.80. The number of fused-ring (bicyclic) bond motifs is 3. The summed E-state index contributed by atoms with van der Waals surface area (Å²) in [6.07, 6.45) is 3.26. The van der Waals surface area contributed by atoms with E-state index in [2.05, 4.69) is 20.5 Å². The van der Waals surface area contributed by atoms with Crippen LogP contribution in [0.1, 0.15) is 52.5 Å². The van der Waals surface area contributed by atoms with Crippen LogP contribution in [0.15, 0.2) is 79.3 Å². The van der Waals surface area contributed by atoms with Gasteiger partial charge in [0.25, 0.3) is 0 Å². The van der Waals surface area contributed by atoms with Crippen LogP contribution in [-0.4, -0.2) is 47.4 Å². The van der Waals surface area contributed by atoms with Crippen LogP contribution in [0.4, 0.5) is 0 Å². The Morgan fingerprint density at radius 3 is 2.52 bits per heavy atom. The van der Waals surface area contributed by atoms with Gasteiger partial charge in [0.1, 0.15) is 5.92 Å². The second kappa shape index (κ2) is 10.2. The van der Waals surface area contributed by atoms with Crippen molar-refractivity contribution in [2.75, 3.05) is 6.61 Å². The molecule has 9 nitrogen and oxygen atoms in total. The Bertz CT molecular complexity index is 1720. The third kappa shape index (κ3) is 4.18. The first-order valence-corrected chi connectivity index (χ1v) is 13.4. The lowest BCUT2D eigenvalue weighted by Gasteiger charge is -2.34. The van der Waals surface area contributed by atoms with Gasteiger partial charge in [-0.25, -0.2) is 4.98 Å². The van der Waals surface area contributed by atoms with Crippen LogP contribution in [0, 0.1) is 0 Å². The number of rotatable bonds is 6. The summed E-state index contributed by atoms with van der Waals surface area (Å²) in [5.41, 5.74) is 2.29. The lowest BCUT2D eigenvalue weighted by atomic mass is 9.75. The molecule has 40 heavy (non-hydrogen) atoms. The largest absolute Gasteiger partial charge is 0.465 e. The van der Waals surface area contributed by atoms with Gasteiger partial charge in [-0.2, -0.15) is 4.68 Å². The molecule has 3 heterocycles. The van der Waals surface area contributed by atoms with Gasteiger partial charge in [-0.05, 0) is 76.0 Å².